The molecule has 5 heteroatoms. The number of hydrogen-bond donors (Lipinski definition) is 1. The van der Waals surface area contributed by atoms with Crippen molar-refractivity contribution in [3.8, 4) is 11.4 Å². The molecular weight excluding hydrogens is 255 g/mol. The van der Waals surface area contributed by atoms with Crippen molar-refractivity contribution in [2.45, 2.75) is 18.9 Å². The van der Waals surface area contributed by atoms with Crippen LogP contribution in [0.2, 0.25) is 0 Å². The Labute approximate surface area is 115 Å². The van der Waals surface area contributed by atoms with E-state index in [0.717, 1.165) is 35.4 Å². The smallest absolute Gasteiger partial charge is 0.160 e. The second-order valence-corrected chi connectivity index (χ2v) is 5.12. The van der Waals surface area contributed by atoms with Gasteiger partial charge >= 0.3 is 0 Å². The summed E-state index contributed by atoms with van der Waals surface area (Å²) in [4.78, 5) is 9.06. The molecule has 1 aromatic carbocycles. The first-order chi connectivity index (χ1) is 9.74. The molecule has 100 valence electrons. The lowest BCUT2D eigenvalue weighted by Gasteiger charge is -2.07. The van der Waals surface area contributed by atoms with Gasteiger partial charge in [0.1, 0.15) is 17.2 Å². The number of rotatable bonds is 2. The van der Waals surface area contributed by atoms with Crippen LogP contribution in [0.15, 0.2) is 36.5 Å². The van der Waals surface area contributed by atoms with Crippen molar-refractivity contribution < 1.29 is 4.39 Å². The van der Waals surface area contributed by atoms with Crippen LogP contribution in [0.1, 0.15) is 18.9 Å². The maximum Gasteiger partial charge on any atom is 0.160 e. The van der Waals surface area contributed by atoms with Crippen molar-refractivity contribution in [2.24, 2.45) is 0 Å². The SMILES string of the molecule is Nc1cc(-c2nc3cccnc3n2C2CC2)ccc1F. The van der Waals surface area contributed by atoms with Crippen LogP contribution in [0, 0.1) is 5.82 Å². The van der Waals surface area contributed by atoms with E-state index in [4.69, 9.17) is 5.73 Å². The van der Waals surface area contributed by atoms with E-state index >= 15 is 0 Å². The molecule has 0 atom stereocenters. The lowest BCUT2D eigenvalue weighted by Crippen LogP contribution is -1.99. The number of pyridine rings is 1. The Bertz CT molecular complexity index is 805. The van der Waals surface area contributed by atoms with E-state index in [2.05, 4.69) is 14.5 Å². The average Bonchev–Trinajstić information content (AvgIpc) is 3.22. The van der Waals surface area contributed by atoms with Gasteiger partial charge in [0.2, 0.25) is 0 Å². The van der Waals surface area contributed by atoms with Crippen LogP contribution in [-0.2, 0) is 0 Å². The van der Waals surface area contributed by atoms with Gasteiger partial charge in [-0.15, -0.1) is 0 Å². The average molecular weight is 268 g/mol. The molecule has 4 rings (SSSR count). The molecule has 3 aromatic rings. The maximum absolute atomic E-state index is 13.3. The molecule has 0 bridgehead atoms. The van der Waals surface area contributed by atoms with Gasteiger partial charge in [0.15, 0.2) is 5.65 Å². The van der Waals surface area contributed by atoms with Crippen LogP contribution in [0.3, 0.4) is 0 Å². The second-order valence-electron chi connectivity index (χ2n) is 5.12. The lowest BCUT2D eigenvalue weighted by atomic mass is 10.2. The van der Waals surface area contributed by atoms with E-state index in [1.54, 1.807) is 18.3 Å². The van der Waals surface area contributed by atoms with Crippen molar-refractivity contribution in [1.29, 1.82) is 0 Å². The van der Waals surface area contributed by atoms with Crippen LogP contribution < -0.4 is 5.73 Å². The van der Waals surface area contributed by atoms with E-state index in [1.807, 2.05) is 12.1 Å². The van der Waals surface area contributed by atoms with Gasteiger partial charge in [-0.3, -0.25) is 0 Å². The van der Waals surface area contributed by atoms with Crippen molar-refractivity contribution >= 4 is 16.9 Å². The fourth-order valence-corrected chi connectivity index (χ4v) is 2.49. The Morgan fingerprint density at radius 1 is 1.25 bits per heavy atom. The van der Waals surface area contributed by atoms with Gasteiger partial charge in [-0.2, -0.15) is 0 Å². The Morgan fingerprint density at radius 3 is 2.85 bits per heavy atom. The first-order valence-electron chi connectivity index (χ1n) is 6.62. The highest BCUT2D eigenvalue weighted by molar-refractivity contribution is 5.78. The van der Waals surface area contributed by atoms with Gasteiger partial charge < -0.3 is 10.3 Å². The molecule has 20 heavy (non-hydrogen) atoms. The minimum Gasteiger partial charge on any atom is -0.396 e. The molecule has 0 radical (unpaired) electrons. The molecule has 0 spiro atoms. The van der Waals surface area contributed by atoms with Crippen LogP contribution >= 0.6 is 0 Å². The number of nitrogens with two attached hydrogens (primary N) is 1. The minimum absolute atomic E-state index is 0.143. The first kappa shape index (κ1) is 11.4. The predicted molar refractivity (Wildman–Crippen MR) is 75.6 cm³/mol. The lowest BCUT2D eigenvalue weighted by molar-refractivity contribution is 0.632. The van der Waals surface area contributed by atoms with Gasteiger partial charge in [0, 0.05) is 17.8 Å². The van der Waals surface area contributed by atoms with Gasteiger partial charge in [-0.05, 0) is 43.2 Å². The number of halogens is 1. The zero-order chi connectivity index (χ0) is 13.7. The number of fused-ring (bicyclic) bond motifs is 1. The van der Waals surface area contributed by atoms with Crippen molar-refractivity contribution in [3.63, 3.8) is 0 Å². The van der Waals surface area contributed by atoms with Crippen LogP contribution in [0.5, 0.6) is 0 Å². The molecule has 4 nitrogen and oxygen atoms in total. The van der Waals surface area contributed by atoms with Crippen LogP contribution in [-0.4, -0.2) is 14.5 Å². The third kappa shape index (κ3) is 1.66. The van der Waals surface area contributed by atoms with Crippen molar-refractivity contribution in [3.05, 3.63) is 42.3 Å². The monoisotopic (exact) mass is 268 g/mol. The number of aromatic nitrogens is 3. The molecule has 1 saturated carbocycles. The van der Waals surface area contributed by atoms with E-state index in [9.17, 15) is 4.39 Å². The zero-order valence-corrected chi connectivity index (χ0v) is 10.8. The number of imidazole rings is 1. The Kier molecular flexibility index (Phi) is 2.30. The fourth-order valence-electron chi connectivity index (χ4n) is 2.49. The highest BCUT2D eigenvalue weighted by atomic mass is 19.1. The summed E-state index contributed by atoms with van der Waals surface area (Å²) in [5, 5.41) is 0. The van der Waals surface area contributed by atoms with Crippen LogP contribution in [0.4, 0.5) is 10.1 Å². The normalized spacial score (nSPS) is 14.8. The highest BCUT2D eigenvalue weighted by Crippen LogP contribution is 2.40. The summed E-state index contributed by atoms with van der Waals surface area (Å²) in [6, 6.07) is 8.99. The highest BCUT2D eigenvalue weighted by Gasteiger charge is 2.29. The second kappa shape index (κ2) is 4.03. The molecule has 0 amide bonds. The molecule has 0 aliphatic heterocycles. The summed E-state index contributed by atoms with van der Waals surface area (Å²) in [7, 11) is 0. The summed E-state index contributed by atoms with van der Waals surface area (Å²) in [6.07, 6.45) is 4.03. The Balaban J connectivity index is 1.98. The molecule has 2 N–H and O–H groups in total. The van der Waals surface area contributed by atoms with E-state index < -0.39 is 5.82 Å². The maximum atomic E-state index is 13.3. The number of anilines is 1. The quantitative estimate of drug-likeness (QED) is 0.726. The largest absolute Gasteiger partial charge is 0.396 e. The van der Waals surface area contributed by atoms with Gasteiger partial charge in [0.25, 0.3) is 0 Å². The van der Waals surface area contributed by atoms with Crippen LogP contribution in [0.25, 0.3) is 22.6 Å². The summed E-state index contributed by atoms with van der Waals surface area (Å²) < 4.78 is 15.5. The van der Waals surface area contributed by atoms with Gasteiger partial charge in [0.05, 0.1) is 5.69 Å². The molecule has 0 unspecified atom stereocenters. The number of nitrogen functional groups attached to an aromatic ring is 1. The molecule has 1 fully saturated rings. The minimum atomic E-state index is -0.402. The van der Waals surface area contributed by atoms with Crippen molar-refractivity contribution in [2.75, 3.05) is 5.73 Å². The molecule has 1 aliphatic carbocycles. The summed E-state index contributed by atoms with van der Waals surface area (Å²) >= 11 is 0. The molecule has 2 aromatic heterocycles. The van der Waals surface area contributed by atoms with E-state index in [0.29, 0.717) is 6.04 Å². The summed E-state index contributed by atoms with van der Waals surface area (Å²) in [6.45, 7) is 0. The first-order valence-corrected chi connectivity index (χ1v) is 6.62. The number of nitrogens with zero attached hydrogens (tertiary/aromatic N) is 3. The fraction of sp³-hybridized carbons (Fsp3) is 0.200. The number of hydrogen-bond acceptors (Lipinski definition) is 3. The third-order valence-electron chi connectivity index (χ3n) is 3.62. The topological polar surface area (TPSA) is 56.7 Å². The molecule has 2 heterocycles. The molecule has 1 aliphatic rings. The zero-order valence-electron chi connectivity index (χ0n) is 10.8. The standard InChI is InChI=1S/C15H13FN4/c16-11-6-3-9(8-12(11)17)14-19-13-2-1-7-18-15(13)20(14)10-4-5-10/h1-3,6-8,10H,4-5,17H2. The molecular formula is C15H13FN4. The number of benzene rings is 1. The van der Waals surface area contributed by atoms with E-state index in [-0.39, 0.29) is 5.69 Å². The van der Waals surface area contributed by atoms with Crippen molar-refractivity contribution in [1.82, 2.24) is 14.5 Å². The third-order valence-corrected chi connectivity index (χ3v) is 3.62. The Hall–Kier alpha value is -2.43. The summed E-state index contributed by atoms with van der Waals surface area (Å²) in [5.41, 5.74) is 8.38. The van der Waals surface area contributed by atoms with Gasteiger partial charge in [-0.1, -0.05) is 0 Å². The Morgan fingerprint density at radius 2 is 2.10 bits per heavy atom. The van der Waals surface area contributed by atoms with Gasteiger partial charge in [-0.25, -0.2) is 14.4 Å². The van der Waals surface area contributed by atoms with E-state index in [1.165, 1.54) is 6.07 Å². The molecule has 0 saturated heterocycles. The summed E-state index contributed by atoms with van der Waals surface area (Å²) in [5.74, 6) is 0.411. The predicted octanol–water partition coefficient (Wildman–Crippen LogP) is 3.15.